The van der Waals surface area contributed by atoms with Crippen LogP contribution in [-0.2, 0) is 19.4 Å². The van der Waals surface area contributed by atoms with Crippen LogP contribution in [0, 0.1) is 10.1 Å². The molecule has 32 heavy (non-hydrogen) atoms. The van der Waals surface area contributed by atoms with Crippen molar-refractivity contribution in [2.24, 2.45) is 0 Å². The van der Waals surface area contributed by atoms with Gasteiger partial charge in [-0.2, -0.15) is 39.5 Å². The number of halogens is 9. The van der Waals surface area contributed by atoms with Gasteiger partial charge in [0.05, 0.1) is 11.5 Å². The third-order valence-corrected chi connectivity index (χ3v) is 5.42. The number of alkyl halides is 9. The molecule has 0 saturated heterocycles. The van der Waals surface area contributed by atoms with Crippen molar-refractivity contribution in [1.29, 1.82) is 0 Å². The third kappa shape index (κ3) is 4.51. The van der Waals surface area contributed by atoms with Gasteiger partial charge in [0, 0.05) is 12.1 Å². The first-order chi connectivity index (χ1) is 14.3. The molecule has 0 atom stereocenters. The van der Waals surface area contributed by atoms with Crippen LogP contribution in [0.5, 0.6) is 0 Å². The summed E-state index contributed by atoms with van der Waals surface area (Å²) in [6.07, 6.45) is -7.39. The first kappa shape index (κ1) is 27.2. The fourth-order valence-electron chi connectivity index (χ4n) is 1.96. The Bertz CT molecular complexity index is 1020. The SMILES string of the molecule is CCOC(=O)/C(=C\c1ccc([N+](=O)[O-])cc1)S(=O)(=O)C(F)(F)C(F)(F)C(F)(F)C(F)(F)F. The molecule has 0 radical (unpaired) electrons. The second kappa shape index (κ2) is 8.59. The Hall–Kier alpha value is -2.85. The minimum Gasteiger partial charge on any atom is -0.462 e. The van der Waals surface area contributed by atoms with E-state index in [9.17, 15) is 62.8 Å². The summed E-state index contributed by atoms with van der Waals surface area (Å²) < 4.78 is 147. The van der Waals surface area contributed by atoms with Crippen molar-refractivity contribution in [3.05, 3.63) is 44.8 Å². The predicted octanol–water partition coefficient (Wildman–Crippen LogP) is 4.34. The maximum absolute atomic E-state index is 14.1. The molecule has 0 aliphatic rings. The lowest BCUT2D eigenvalue weighted by atomic mass is 10.1. The van der Waals surface area contributed by atoms with Crippen LogP contribution in [0.3, 0.4) is 0 Å². The van der Waals surface area contributed by atoms with Gasteiger partial charge in [-0.15, -0.1) is 0 Å². The highest BCUT2D eigenvalue weighted by molar-refractivity contribution is 7.97. The quantitative estimate of drug-likeness (QED) is 0.172. The molecule has 0 N–H and O–H groups in total. The summed E-state index contributed by atoms with van der Waals surface area (Å²) >= 11 is 0. The first-order valence-electron chi connectivity index (χ1n) is 7.83. The minimum atomic E-state index is -7.56. The van der Waals surface area contributed by atoms with E-state index in [0.717, 1.165) is 6.92 Å². The summed E-state index contributed by atoms with van der Waals surface area (Å²) in [5.74, 6) is -17.4. The summed E-state index contributed by atoms with van der Waals surface area (Å²) in [4.78, 5) is 19.1. The van der Waals surface area contributed by atoms with Crippen LogP contribution in [0.2, 0.25) is 0 Å². The van der Waals surface area contributed by atoms with Gasteiger partial charge in [0.2, 0.25) is 0 Å². The van der Waals surface area contributed by atoms with Gasteiger partial charge >= 0.3 is 29.2 Å². The topological polar surface area (TPSA) is 104 Å². The largest absolute Gasteiger partial charge is 0.462 e. The van der Waals surface area contributed by atoms with Crippen molar-refractivity contribution < 1.29 is 62.4 Å². The Morgan fingerprint density at radius 3 is 1.84 bits per heavy atom. The Balaban J connectivity index is 3.74. The van der Waals surface area contributed by atoms with Crippen LogP contribution < -0.4 is 0 Å². The van der Waals surface area contributed by atoms with Gasteiger partial charge in [-0.1, -0.05) is 0 Å². The highest BCUT2D eigenvalue weighted by Crippen LogP contribution is 2.55. The number of hydrogen-bond donors (Lipinski definition) is 0. The molecule has 0 spiro atoms. The standard InChI is InChI=1S/C15H10F9NO6S/c1-2-31-11(26)10(7-8-3-5-9(6-4-8)25(27)28)32(29,30)15(23,24)13(18,19)12(16,17)14(20,21)22/h3-7H,2H2,1H3/b10-7+. The zero-order chi connectivity index (χ0) is 25.3. The van der Waals surface area contributed by atoms with Crippen LogP contribution in [-0.4, -0.2) is 49.2 Å². The van der Waals surface area contributed by atoms with Crippen molar-refractivity contribution in [2.75, 3.05) is 6.61 Å². The van der Waals surface area contributed by atoms with Gasteiger partial charge < -0.3 is 4.74 Å². The van der Waals surface area contributed by atoms with E-state index in [1.807, 2.05) is 0 Å². The van der Waals surface area contributed by atoms with E-state index in [-0.39, 0.29) is 6.08 Å². The lowest BCUT2D eigenvalue weighted by Gasteiger charge is -2.33. The van der Waals surface area contributed by atoms with Crippen molar-refractivity contribution in [3.63, 3.8) is 0 Å². The lowest BCUT2D eigenvalue weighted by Crippen LogP contribution is -2.63. The Kier molecular flexibility index (Phi) is 7.30. The molecule has 1 aromatic rings. The number of sulfone groups is 1. The van der Waals surface area contributed by atoms with Gasteiger partial charge in [0.1, 0.15) is 0 Å². The fraction of sp³-hybridized carbons (Fsp3) is 0.400. The van der Waals surface area contributed by atoms with Crippen LogP contribution >= 0.6 is 0 Å². The summed E-state index contributed by atoms with van der Waals surface area (Å²) in [6.45, 7) is 0.255. The lowest BCUT2D eigenvalue weighted by molar-refractivity contribution is -0.384. The molecule has 0 amide bonds. The third-order valence-electron chi connectivity index (χ3n) is 3.62. The molecule has 0 aromatic heterocycles. The molecule has 17 heteroatoms. The molecule has 1 rings (SSSR count). The number of ether oxygens (including phenoxy) is 1. The fourth-order valence-corrected chi connectivity index (χ4v) is 3.27. The minimum absolute atomic E-state index is 0.104. The maximum Gasteiger partial charge on any atom is 0.460 e. The molecular formula is C15H10F9NO6S. The molecule has 7 nitrogen and oxygen atoms in total. The van der Waals surface area contributed by atoms with E-state index in [0.29, 0.717) is 24.3 Å². The average Bonchev–Trinajstić information content (AvgIpc) is 2.65. The van der Waals surface area contributed by atoms with Crippen LogP contribution in [0.15, 0.2) is 29.2 Å². The summed E-state index contributed by atoms with van der Waals surface area (Å²) in [5, 5.41) is 3.42. The molecule has 0 unspecified atom stereocenters. The van der Waals surface area contributed by atoms with Crippen molar-refractivity contribution in [2.45, 2.75) is 30.2 Å². The average molecular weight is 503 g/mol. The smallest absolute Gasteiger partial charge is 0.460 e. The van der Waals surface area contributed by atoms with Gasteiger partial charge in [-0.25, -0.2) is 13.2 Å². The number of benzene rings is 1. The number of nitro groups is 1. The number of nitrogens with zero attached hydrogens (tertiary/aromatic N) is 1. The van der Waals surface area contributed by atoms with E-state index >= 15 is 0 Å². The van der Waals surface area contributed by atoms with Crippen molar-refractivity contribution in [1.82, 2.24) is 0 Å². The van der Waals surface area contributed by atoms with Crippen molar-refractivity contribution >= 4 is 27.6 Å². The van der Waals surface area contributed by atoms with Gasteiger partial charge in [-0.3, -0.25) is 10.1 Å². The van der Waals surface area contributed by atoms with E-state index in [1.165, 1.54) is 0 Å². The molecular weight excluding hydrogens is 493 g/mol. The number of esters is 1. The Morgan fingerprint density at radius 2 is 1.47 bits per heavy atom. The van der Waals surface area contributed by atoms with Crippen LogP contribution in [0.25, 0.3) is 6.08 Å². The number of nitro benzene ring substituents is 1. The number of non-ortho nitro benzene ring substituents is 1. The van der Waals surface area contributed by atoms with E-state index in [1.54, 1.807) is 0 Å². The van der Waals surface area contributed by atoms with Crippen LogP contribution in [0.4, 0.5) is 45.2 Å². The molecule has 0 aliphatic carbocycles. The molecule has 0 saturated carbocycles. The van der Waals surface area contributed by atoms with Crippen LogP contribution in [0.1, 0.15) is 12.5 Å². The van der Waals surface area contributed by atoms with E-state index in [2.05, 4.69) is 4.74 Å². The highest BCUT2D eigenvalue weighted by atomic mass is 32.2. The maximum atomic E-state index is 14.1. The van der Waals surface area contributed by atoms with Crippen molar-refractivity contribution in [3.8, 4) is 0 Å². The summed E-state index contributed by atoms with van der Waals surface area (Å²) in [7, 11) is -7.26. The molecule has 0 heterocycles. The monoisotopic (exact) mass is 503 g/mol. The summed E-state index contributed by atoms with van der Waals surface area (Å²) in [6, 6.07) is 2.61. The Morgan fingerprint density at radius 1 is 1.00 bits per heavy atom. The first-order valence-corrected chi connectivity index (χ1v) is 9.32. The van der Waals surface area contributed by atoms with E-state index in [4.69, 9.17) is 0 Å². The molecule has 0 fully saturated rings. The summed E-state index contributed by atoms with van der Waals surface area (Å²) in [5.41, 5.74) is -1.26. The molecule has 0 bridgehead atoms. The van der Waals surface area contributed by atoms with Gasteiger partial charge in [0.25, 0.3) is 15.5 Å². The zero-order valence-corrected chi connectivity index (χ0v) is 16.1. The van der Waals surface area contributed by atoms with Gasteiger partial charge in [-0.05, 0) is 30.7 Å². The zero-order valence-electron chi connectivity index (χ0n) is 15.3. The Labute approximate surface area is 172 Å². The number of carbonyl (C=O) groups excluding carboxylic acids is 1. The normalized spacial score (nSPS) is 14.2. The number of rotatable bonds is 8. The van der Waals surface area contributed by atoms with Gasteiger partial charge in [0.15, 0.2) is 4.91 Å². The second-order valence-electron chi connectivity index (χ2n) is 5.74. The predicted molar refractivity (Wildman–Crippen MR) is 87.5 cm³/mol. The number of carbonyl (C=O) groups is 1. The molecule has 0 aliphatic heterocycles. The molecule has 180 valence electrons. The molecule has 1 aromatic carbocycles. The highest BCUT2D eigenvalue weighted by Gasteiger charge is 2.85. The number of hydrogen-bond acceptors (Lipinski definition) is 6. The second-order valence-corrected chi connectivity index (χ2v) is 7.70. The van der Waals surface area contributed by atoms with E-state index < -0.39 is 66.8 Å².